The van der Waals surface area contributed by atoms with Crippen molar-refractivity contribution in [1.82, 2.24) is 10.2 Å². The lowest BCUT2D eigenvalue weighted by molar-refractivity contribution is -0.118. The first-order valence-corrected chi connectivity index (χ1v) is 17.5. The van der Waals surface area contributed by atoms with Gasteiger partial charge in [-0.15, -0.1) is 0 Å². The Morgan fingerprint density at radius 3 is 2.42 bits per heavy atom. The van der Waals surface area contributed by atoms with Crippen LogP contribution in [0.3, 0.4) is 0 Å². The first-order chi connectivity index (χ1) is 21.5. The molecule has 12 heteroatoms. The average molecular weight is 641 g/mol. The van der Waals surface area contributed by atoms with E-state index in [0.717, 1.165) is 67.9 Å². The summed E-state index contributed by atoms with van der Waals surface area (Å²) in [6, 6.07) is 11.0. The van der Waals surface area contributed by atoms with Gasteiger partial charge in [-0.05, 0) is 112 Å². The molecule has 2 aromatic carbocycles. The fourth-order valence-electron chi connectivity index (χ4n) is 6.49. The van der Waals surface area contributed by atoms with Gasteiger partial charge in [0, 0.05) is 42.9 Å². The molecule has 3 N–H and O–H groups in total. The van der Waals surface area contributed by atoms with Crippen LogP contribution in [0.4, 0.5) is 5.69 Å². The number of anilines is 1. The summed E-state index contributed by atoms with van der Waals surface area (Å²) in [5.74, 6) is 0.541. The van der Waals surface area contributed by atoms with Gasteiger partial charge in [-0.3, -0.25) is 14.5 Å². The van der Waals surface area contributed by atoms with Gasteiger partial charge in [-0.1, -0.05) is 0 Å². The number of nitrogens with two attached hydrogens (primary N) is 1. The van der Waals surface area contributed by atoms with E-state index in [0.29, 0.717) is 56.0 Å². The third kappa shape index (κ3) is 8.22. The van der Waals surface area contributed by atoms with Gasteiger partial charge in [0.15, 0.2) is 0 Å². The van der Waals surface area contributed by atoms with Crippen molar-refractivity contribution in [3.63, 3.8) is 0 Å². The highest BCUT2D eigenvalue weighted by Gasteiger charge is 2.45. The molecule has 0 radical (unpaired) electrons. The van der Waals surface area contributed by atoms with Crippen LogP contribution in [0.1, 0.15) is 89.6 Å². The number of benzene rings is 2. The molecule has 244 valence electrons. The van der Waals surface area contributed by atoms with E-state index in [1.165, 1.54) is 7.11 Å². The predicted octanol–water partition coefficient (Wildman–Crippen LogP) is 3.57. The lowest BCUT2D eigenvalue weighted by Gasteiger charge is -2.39. The topological polar surface area (TPSA) is 148 Å². The van der Waals surface area contributed by atoms with Crippen molar-refractivity contribution in [3.05, 3.63) is 58.7 Å². The molecule has 2 heterocycles. The first-order valence-electron chi connectivity index (χ1n) is 15.8. The molecule has 2 aliphatic heterocycles. The number of nitrogens with zero attached hydrogens (tertiary/aromatic N) is 2. The van der Waals surface area contributed by atoms with Crippen LogP contribution < -0.4 is 20.1 Å². The summed E-state index contributed by atoms with van der Waals surface area (Å²) in [6.07, 6.45) is 5.37. The van der Waals surface area contributed by atoms with Gasteiger partial charge in [-0.25, -0.2) is 18.4 Å². The number of sulfonamides is 1. The van der Waals surface area contributed by atoms with Crippen molar-refractivity contribution in [2.75, 3.05) is 50.5 Å². The van der Waals surface area contributed by atoms with Gasteiger partial charge in [-0.2, -0.15) is 0 Å². The Bertz CT molecular complexity index is 1510. The Balaban J connectivity index is 1.16. The zero-order valence-electron chi connectivity index (χ0n) is 26.2. The molecular formula is C33H44N4O7S. The molecule has 0 bridgehead atoms. The molecule has 0 aromatic heterocycles. The van der Waals surface area contributed by atoms with E-state index in [1.54, 1.807) is 12.1 Å². The van der Waals surface area contributed by atoms with Gasteiger partial charge in [0.05, 0.1) is 25.0 Å². The van der Waals surface area contributed by atoms with Gasteiger partial charge < -0.3 is 19.7 Å². The Morgan fingerprint density at radius 2 is 1.80 bits per heavy atom. The zero-order valence-corrected chi connectivity index (χ0v) is 27.0. The minimum atomic E-state index is -3.50. The second kappa shape index (κ2) is 13.9. The second-order valence-electron chi connectivity index (χ2n) is 12.6. The van der Waals surface area contributed by atoms with E-state index in [2.05, 4.69) is 16.3 Å². The van der Waals surface area contributed by atoms with Crippen LogP contribution in [-0.4, -0.2) is 76.7 Å². The van der Waals surface area contributed by atoms with Crippen LogP contribution in [0.2, 0.25) is 0 Å². The Labute approximate surface area is 265 Å². The number of esters is 1. The van der Waals surface area contributed by atoms with Gasteiger partial charge in [0.1, 0.15) is 5.75 Å². The Kier molecular flexibility index (Phi) is 10.1. The van der Waals surface area contributed by atoms with Crippen LogP contribution in [0.25, 0.3) is 0 Å². The number of carbonyl (C=O) groups excluding carboxylic acids is 3. The third-order valence-electron chi connectivity index (χ3n) is 9.17. The van der Waals surface area contributed by atoms with Gasteiger partial charge in [0.2, 0.25) is 15.9 Å². The number of nitrogens with one attached hydrogen (secondary N) is 1. The normalized spacial score (nSPS) is 18.3. The van der Waals surface area contributed by atoms with Crippen molar-refractivity contribution >= 4 is 33.5 Å². The summed E-state index contributed by atoms with van der Waals surface area (Å²) in [4.78, 5) is 42.4. The molecule has 1 spiro atoms. The molecule has 2 aromatic rings. The lowest BCUT2D eigenvalue weighted by Crippen LogP contribution is -2.41. The van der Waals surface area contributed by atoms with Crippen LogP contribution in [0, 0.1) is 5.41 Å². The standard InChI is InChI=1S/C33H44N4O7S/c1-3-44-29-19-28(32(40)43-2)27(23-6-7-23)18-25(29)21-36-15-12-33(13-16-36)20-30(38)37(22-33)26-10-8-24(9-11-26)31(39)35-14-4-5-17-45(34,41)42/h8-11,18-19,23H,3-7,12-17,20-22H2,1-2H3,(H,35,39)(H2,34,41,42). The number of rotatable bonds is 13. The molecule has 2 amide bonds. The summed E-state index contributed by atoms with van der Waals surface area (Å²) in [5.41, 5.74) is 3.91. The molecule has 5 rings (SSSR count). The maximum atomic E-state index is 13.2. The summed E-state index contributed by atoms with van der Waals surface area (Å²) in [6.45, 7) is 5.90. The molecule has 3 fully saturated rings. The quantitative estimate of drug-likeness (QED) is 0.250. The molecule has 1 aliphatic carbocycles. The summed E-state index contributed by atoms with van der Waals surface area (Å²) in [7, 11) is -2.09. The number of piperidine rings is 1. The molecule has 3 aliphatic rings. The number of likely N-dealkylation sites (tertiary alicyclic amines) is 1. The molecule has 0 unspecified atom stereocenters. The summed E-state index contributed by atoms with van der Waals surface area (Å²) in [5, 5.41) is 7.80. The average Bonchev–Trinajstić information content (AvgIpc) is 3.81. The number of hydrogen-bond acceptors (Lipinski definition) is 8. The molecular weight excluding hydrogens is 596 g/mol. The van der Waals surface area contributed by atoms with Crippen molar-refractivity contribution in [2.45, 2.75) is 64.3 Å². The minimum Gasteiger partial charge on any atom is -0.494 e. The van der Waals surface area contributed by atoms with Crippen molar-refractivity contribution in [3.8, 4) is 5.75 Å². The number of ether oxygens (including phenoxy) is 2. The smallest absolute Gasteiger partial charge is 0.338 e. The highest BCUT2D eigenvalue weighted by atomic mass is 32.2. The van der Waals surface area contributed by atoms with E-state index < -0.39 is 10.0 Å². The lowest BCUT2D eigenvalue weighted by atomic mass is 9.77. The number of hydrogen-bond donors (Lipinski definition) is 2. The number of amides is 2. The monoisotopic (exact) mass is 640 g/mol. The first kappa shape index (κ1) is 32.9. The maximum absolute atomic E-state index is 13.2. The van der Waals surface area contributed by atoms with E-state index in [4.69, 9.17) is 14.6 Å². The van der Waals surface area contributed by atoms with Crippen LogP contribution in [-0.2, 0) is 26.1 Å². The van der Waals surface area contributed by atoms with E-state index in [1.807, 2.05) is 30.0 Å². The molecule has 45 heavy (non-hydrogen) atoms. The van der Waals surface area contributed by atoms with E-state index in [-0.39, 0.29) is 29.0 Å². The SMILES string of the molecule is CCOc1cc(C(=O)OC)c(C2CC2)cc1CN1CCC2(CC1)CC(=O)N(c1ccc(C(=O)NCCCCS(N)(=O)=O)cc1)C2. The largest absolute Gasteiger partial charge is 0.494 e. The van der Waals surface area contributed by atoms with Gasteiger partial charge in [0.25, 0.3) is 5.91 Å². The van der Waals surface area contributed by atoms with Crippen LogP contribution in [0.5, 0.6) is 5.75 Å². The number of unbranched alkanes of at least 4 members (excludes halogenated alkanes) is 1. The van der Waals surface area contributed by atoms with Crippen LogP contribution in [0.15, 0.2) is 36.4 Å². The molecule has 0 atom stereocenters. The number of methoxy groups -OCH3 is 1. The fourth-order valence-corrected chi connectivity index (χ4v) is 7.10. The molecule has 11 nitrogen and oxygen atoms in total. The maximum Gasteiger partial charge on any atom is 0.338 e. The summed E-state index contributed by atoms with van der Waals surface area (Å²) < 4.78 is 33.1. The van der Waals surface area contributed by atoms with Crippen molar-refractivity contribution in [2.24, 2.45) is 10.6 Å². The van der Waals surface area contributed by atoms with Gasteiger partial charge >= 0.3 is 5.97 Å². The third-order valence-corrected chi connectivity index (χ3v) is 10.0. The van der Waals surface area contributed by atoms with Crippen molar-refractivity contribution < 1.29 is 32.3 Å². The Hall–Kier alpha value is -3.48. The number of carbonyl (C=O) groups is 3. The number of primary sulfonamides is 1. The van der Waals surface area contributed by atoms with E-state index >= 15 is 0 Å². The summed E-state index contributed by atoms with van der Waals surface area (Å²) >= 11 is 0. The van der Waals surface area contributed by atoms with Crippen molar-refractivity contribution in [1.29, 1.82) is 0 Å². The minimum absolute atomic E-state index is 0.0860. The fraction of sp³-hybridized carbons (Fsp3) is 0.545. The highest BCUT2D eigenvalue weighted by molar-refractivity contribution is 7.89. The molecule has 1 saturated carbocycles. The predicted molar refractivity (Wildman–Crippen MR) is 171 cm³/mol. The van der Waals surface area contributed by atoms with E-state index in [9.17, 15) is 22.8 Å². The highest BCUT2D eigenvalue weighted by Crippen LogP contribution is 2.45. The zero-order chi connectivity index (χ0) is 32.2. The Morgan fingerprint density at radius 1 is 1.09 bits per heavy atom. The van der Waals surface area contributed by atoms with Crippen LogP contribution >= 0.6 is 0 Å². The molecule has 2 saturated heterocycles. The second-order valence-corrected chi connectivity index (χ2v) is 14.3.